The molecule has 3 rings (SSSR count). The second kappa shape index (κ2) is 6.57. The Morgan fingerprint density at radius 2 is 1.96 bits per heavy atom. The lowest BCUT2D eigenvalue weighted by Crippen LogP contribution is -2.28. The highest BCUT2D eigenvalue weighted by Crippen LogP contribution is 2.48. The van der Waals surface area contributed by atoms with E-state index in [2.05, 4.69) is 5.32 Å². The minimum Gasteiger partial charge on any atom is -0.349 e. The van der Waals surface area contributed by atoms with Gasteiger partial charge in [-0.2, -0.15) is 0 Å². The summed E-state index contributed by atoms with van der Waals surface area (Å²) >= 11 is 0. The topological polar surface area (TPSA) is 89.3 Å². The van der Waals surface area contributed by atoms with Gasteiger partial charge in [-0.15, -0.1) is 0 Å². The molecule has 25 heavy (non-hydrogen) atoms. The van der Waals surface area contributed by atoms with Crippen molar-refractivity contribution in [2.75, 3.05) is 0 Å². The van der Waals surface area contributed by atoms with Crippen LogP contribution >= 0.6 is 0 Å². The minimum absolute atomic E-state index is 0.00162. The van der Waals surface area contributed by atoms with E-state index in [0.717, 1.165) is 0 Å². The third-order valence-electron chi connectivity index (χ3n) is 4.48. The molecule has 1 fully saturated rings. The molecule has 0 saturated heterocycles. The van der Waals surface area contributed by atoms with Crippen LogP contribution in [0.3, 0.4) is 0 Å². The Kier molecular flexibility index (Phi) is 4.62. The van der Waals surface area contributed by atoms with Gasteiger partial charge in [-0.1, -0.05) is 30.3 Å². The van der Waals surface area contributed by atoms with Gasteiger partial charge in [0, 0.05) is 5.92 Å². The second-order valence-electron chi connectivity index (χ2n) is 6.32. The van der Waals surface area contributed by atoms with Crippen molar-refractivity contribution in [3.8, 4) is 0 Å². The summed E-state index contributed by atoms with van der Waals surface area (Å²) in [5, 5.41) is 7.99. The summed E-state index contributed by atoms with van der Waals surface area (Å²) in [6.07, 6.45) is 0.608. The molecular weight excluding hydrogens is 343 g/mol. The van der Waals surface area contributed by atoms with E-state index in [1.807, 2.05) is 0 Å². The Morgan fingerprint density at radius 3 is 2.64 bits per heavy atom. The molecule has 0 radical (unpaired) electrons. The molecule has 0 heterocycles. The maximum atomic E-state index is 13.8. The Labute approximate surface area is 146 Å². The molecule has 1 amide bonds. The standard InChI is InChI=1S/C18H19FN2O3S/c1-11(12-5-4-6-13(9-12)25(20,23)24)21-18(22)16-10-15(16)14-7-2-3-8-17(14)19/h2-9,11,15-16H,10H2,1H3,(H,21,22)(H2,20,23,24)/t11-,15-,16+/m0/s1. The molecule has 0 spiro atoms. The number of carbonyl (C=O) groups is 1. The van der Waals surface area contributed by atoms with Crippen molar-refractivity contribution in [3.63, 3.8) is 0 Å². The molecule has 5 nitrogen and oxygen atoms in total. The van der Waals surface area contributed by atoms with Crippen LogP contribution in [0, 0.1) is 11.7 Å². The molecule has 1 aliphatic carbocycles. The lowest BCUT2D eigenvalue weighted by Gasteiger charge is -2.15. The highest BCUT2D eigenvalue weighted by atomic mass is 32.2. The Balaban J connectivity index is 1.67. The van der Waals surface area contributed by atoms with E-state index in [4.69, 9.17) is 5.14 Å². The molecule has 0 aromatic heterocycles. The zero-order chi connectivity index (χ0) is 18.2. The zero-order valence-corrected chi connectivity index (χ0v) is 14.5. The van der Waals surface area contributed by atoms with Crippen LogP contribution in [0.4, 0.5) is 4.39 Å². The van der Waals surface area contributed by atoms with Gasteiger partial charge in [0.15, 0.2) is 0 Å². The van der Waals surface area contributed by atoms with Crippen LogP contribution in [0.5, 0.6) is 0 Å². The molecule has 1 aliphatic rings. The predicted octanol–water partition coefficient (Wildman–Crippen LogP) is 2.45. The first-order chi connectivity index (χ1) is 11.8. The van der Waals surface area contributed by atoms with Gasteiger partial charge < -0.3 is 5.32 Å². The van der Waals surface area contributed by atoms with Crippen LogP contribution in [0.2, 0.25) is 0 Å². The third kappa shape index (κ3) is 3.88. The van der Waals surface area contributed by atoms with Gasteiger partial charge in [-0.05, 0) is 48.6 Å². The monoisotopic (exact) mass is 362 g/mol. The lowest BCUT2D eigenvalue weighted by atomic mass is 10.1. The van der Waals surface area contributed by atoms with E-state index in [-0.39, 0.29) is 34.5 Å². The maximum Gasteiger partial charge on any atom is 0.238 e. The smallest absolute Gasteiger partial charge is 0.238 e. The number of benzene rings is 2. The fraction of sp³-hybridized carbons (Fsp3) is 0.278. The minimum atomic E-state index is -3.80. The molecule has 7 heteroatoms. The van der Waals surface area contributed by atoms with Crippen molar-refractivity contribution in [2.45, 2.75) is 30.2 Å². The number of rotatable bonds is 5. The van der Waals surface area contributed by atoms with E-state index < -0.39 is 10.0 Å². The first-order valence-corrected chi connectivity index (χ1v) is 9.49. The number of carbonyl (C=O) groups excluding carboxylic acids is 1. The van der Waals surface area contributed by atoms with E-state index in [9.17, 15) is 17.6 Å². The molecule has 0 aliphatic heterocycles. The van der Waals surface area contributed by atoms with Gasteiger partial charge in [-0.25, -0.2) is 17.9 Å². The second-order valence-corrected chi connectivity index (χ2v) is 7.88. The average molecular weight is 362 g/mol. The first-order valence-electron chi connectivity index (χ1n) is 7.95. The van der Waals surface area contributed by atoms with E-state index in [0.29, 0.717) is 17.5 Å². The van der Waals surface area contributed by atoms with Gasteiger partial charge >= 0.3 is 0 Å². The van der Waals surface area contributed by atoms with E-state index in [1.165, 1.54) is 18.2 Å². The van der Waals surface area contributed by atoms with Gasteiger partial charge in [0.1, 0.15) is 5.82 Å². The summed E-state index contributed by atoms with van der Waals surface area (Å²) in [5.74, 6) is -0.830. The molecule has 1 saturated carbocycles. The largest absolute Gasteiger partial charge is 0.349 e. The highest BCUT2D eigenvalue weighted by Gasteiger charge is 2.45. The fourth-order valence-corrected chi connectivity index (χ4v) is 3.54. The number of hydrogen-bond acceptors (Lipinski definition) is 3. The summed E-state index contributed by atoms with van der Waals surface area (Å²) in [6, 6.07) is 12.2. The van der Waals surface area contributed by atoms with Gasteiger partial charge in [0.2, 0.25) is 15.9 Å². The molecule has 3 N–H and O–H groups in total. The van der Waals surface area contributed by atoms with Crippen molar-refractivity contribution < 1.29 is 17.6 Å². The number of halogens is 1. The summed E-state index contributed by atoms with van der Waals surface area (Å²) in [6.45, 7) is 1.76. The SMILES string of the molecule is C[C@H](NC(=O)[C@@H]1C[C@H]1c1ccccc1F)c1cccc(S(N)(=O)=O)c1. The summed E-state index contributed by atoms with van der Waals surface area (Å²) in [7, 11) is -3.80. The van der Waals surface area contributed by atoms with Crippen LogP contribution in [0.15, 0.2) is 53.4 Å². The third-order valence-corrected chi connectivity index (χ3v) is 5.39. The maximum absolute atomic E-state index is 13.8. The van der Waals surface area contributed by atoms with Crippen LogP contribution in [0.25, 0.3) is 0 Å². The van der Waals surface area contributed by atoms with Crippen molar-refractivity contribution >= 4 is 15.9 Å². The van der Waals surface area contributed by atoms with Gasteiger partial charge in [-0.3, -0.25) is 4.79 Å². The number of primary sulfonamides is 1. The predicted molar refractivity (Wildman–Crippen MR) is 91.6 cm³/mol. The van der Waals surface area contributed by atoms with Gasteiger partial charge in [0.05, 0.1) is 10.9 Å². The molecule has 2 aromatic rings. The van der Waals surface area contributed by atoms with Crippen molar-refractivity contribution in [1.29, 1.82) is 0 Å². The molecule has 0 unspecified atom stereocenters. The van der Waals surface area contributed by atoms with Crippen LogP contribution < -0.4 is 10.5 Å². The van der Waals surface area contributed by atoms with Crippen molar-refractivity contribution in [1.82, 2.24) is 5.32 Å². The normalized spacial score (nSPS) is 20.8. The van der Waals surface area contributed by atoms with Crippen molar-refractivity contribution in [3.05, 3.63) is 65.5 Å². The molecule has 0 bridgehead atoms. The Morgan fingerprint density at radius 1 is 1.24 bits per heavy atom. The Bertz CT molecular complexity index is 914. The highest BCUT2D eigenvalue weighted by molar-refractivity contribution is 7.89. The summed E-state index contributed by atoms with van der Waals surface area (Å²) < 4.78 is 36.7. The average Bonchev–Trinajstić information content (AvgIpc) is 3.35. The quantitative estimate of drug-likeness (QED) is 0.856. The summed E-state index contributed by atoms with van der Waals surface area (Å²) in [4.78, 5) is 12.4. The number of nitrogens with two attached hydrogens (primary N) is 1. The zero-order valence-electron chi connectivity index (χ0n) is 13.6. The van der Waals surface area contributed by atoms with E-state index >= 15 is 0 Å². The molecular formula is C18H19FN2O3S. The molecule has 2 aromatic carbocycles. The first kappa shape index (κ1) is 17.6. The van der Waals surface area contributed by atoms with Gasteiger partial charge in [0.25, 0.3) is 0 Å². The number of hydrogen-bond donors (Lipinski definition) is 2. The molecule has 132 valence electrons. The lowest BCUT2D eigenvalue weighted by molar-refractivity contribution is -0.123. The number of sulfonamides is 1. The number of amides is 1. The number of nitrogens with one attached hydrogen (secondary N) is 1. The Hall–Kier alpha value is -2.25. The van der Waals surface area contributed by atoms with Crippen LogP contribution in [0.1, 0.15) is 36.4 Å². The molecule has 3 atom stereocenters. The van der Waals surface area contributed by atoms with Crippen LogP contribution in [-0.4, -0.2) is 14.3 Å². The van der Waals surface area contributed by atoms with E-state index in [1.54, 1.807) is 37.3 Å². The van der Waals surface area contributed by atoms with Crippen molar-refractivity contribution in [2.24, 2.45) is 11.1 Å². The summed E-state index contributed by atoms with van der Waals surface area (Å²) in [5.41, 5.74) is 1.20. The fourth-order valence-electron chi connectivity index (χ4n) is 2.97. The van der Waals surface area contributed by atoms with Crippen LogP contribution in [-0.2, 0) is 14.8 Å².